The van der Waals surface area contributed by atoms with Gasteiger partial charge in [-0.25, -0.2) is 9.18 Å². The summed E-state index contributed by atoms with van der Waals surface area (Å²) in [4.78, 5) is 24.9. The van der Waals surface area contributed by atoms with Crippen molar-refractivity contribution in [3.05, 3.63) is 99.3 Å². The maximum atomic E-state index is 13.3. The van der Waals surface area contributed by atoms with Crippen molar-refractivity contribution in [1.29, 1.82) is 0 Å². The van der Waals surface area contributed by atoms with Gasteiger partial charge in [0.15, 0.2) is 6.61 Å². The summed E-state index contributed by atoms with van der Waals surface area (Å²) in [5.41, 5.74) is 2.69. The van der Waals surface area contributed by atoms with E-state index in [1.807, 2.05) is 6.92 Å². The van der Waals surface area contributed by atoms with Crippen molar-refractivity contribution in [3.63, 3.8) is 0 Å². The van der Waals surface area contributed by atoms with Gasteiger partial charge >= 0.3 is 5.97 Å². The molecule has 3 aromatic carbocycles. The summed E-state index contributed by atoms with van der Waals surface area (Å²) in [5, 5.41) is 3.69. The van der Waals surface area contributed by atoms with Gasteiger partial charge in [-0.05, 0) is 66.1 Å². The number of ether oxygens (including phenoxy) is 1. The molecule has 1 N–H and O–H groups in total. The van der Waals surface area contributed by atoms with Gasteiger partial charge in [-0.3, -0.25) is 4.79 Å². The van der Waals surface area contributed by atoms with Crippen molar-refractivity contribution < 1.29 is 18.7 Å². The zero-order valence-corrected chi connectivity index (χ0v) is 18.0. The molecule has 158 valence electrons. The number of carbonyl (C=O) groups is 2. The fraction of sp³-hybridized carbons (Fsp3) is 0.0833. The number of esters is 1. The second-order valence-corrected chi connectivity index (χ2v) is 7.55. The largest absolute Gasteiger partial charge is 0.452 e. The first-order valence-corrected chi connectivity index (χ1v) is 10.0. The van der Waals surface area contributed by atoms with E-state index in [4.69, 9.17) is 27.9 Å². The average Bonchev–Trinajstić information content (AvgIpc) is 2.75. The quantitative estimate of drug-likeness (QED) is 0.273. The van der Waals surface area contributed by atoms with E-state index in [0.29, 0.717) is 26.9 Å². The Labute approximate surface area is 189 Å². The molecule has 0 radical (unpaired) electrons. The number of benzene rings is 3. The summed E-state index contributed by atoms with van der Waals surface area (Å²) < 4.78 is 18.5. The van der Waals surface area contributed by atoms with Crippen molar-refractivity contribution in [2.75, 3.05) is 11.9 Å². The zero-order chi connectivity index (χ0) is 22.4. The molecule has 0 aliphatic carbocycles. The molecule has 0 saturated carbocycles. The van der Waals surface area contributed by atoms with E-state index in [1.165, 1.54) is 24.3 Å². The Morgan fingerprint density at radius 1 is 1.00 bits per heavy atom. The Balaban J connectivity index is 1.74. The summed E-state index contributed by atoms with van der Waals surface area (Å²) in [5.74, 6) is -1.67. The summed E-state index contributed by atoms with van der Waals surface area (Å²) in [6, 6.07) is 17.3. The first-order valence-electron chi connectivity index (χ1n) is 9.28. The normalized spacial score (nSPS) is 11.2. The standard InChI is InChI=1S/C24H18Cl2FNO3/c1-15-2-11-20(13-22(15)26)28-23(29)14-31-24(30)21(17-5-9-19(27)10-6-17)12-16-3-7-18(25)8-4-16/h2-13H,14H2,1H3,(H,28,29)/b21-12+. The van der Waals surface area contributed by atoms with Crippen LogP contribution < -0.4 is 5.32 Å². The third-order valence-corrected chi connectivity index (χ3v) is 5.01. The summed E-state index contributed by atoms with van der Waals surface area (Å²) in [6.45, 7) is 1.35. The fourth-order valence-corrected chi connectivity index (χ4v) is 3.00. The van der Waals surface area contributed by atoms with Crippen LogP contribution >= 0.6 is 23.2 Å². The van der Waals surface area contributed by atoms with E-state index < -0.39 is 24.3 Å². The SMILES string of the molecule is Cc1ccc(NC(=O)COC(=O)/C(=C/c2ccc(Cl)cc2)c2ccc(F)cc2)cc1Cl. The maximum Gasteiger partial charge on any atom is 0.339 e. The van der Waals surface area contributed by atoms with E-state index in [0.717, 1.165) is 5.56 Å². The van der Waals surface area contributed by atoms with Gasteiger partial charge in [0, 0.05) is 15.7 Å². The minimum atomic E-state index is -0.723. The maximum absolute atomic E-state index is 13.3. The second-order valence-electron chi connectivity index (χ2n) is 6.70. The summed E-state index contributed by atoms with van der Waals surface area (Å²) in [6.07, 6.45) is 1.59. The molecule has 4 nitrogen and oxygen atoms in total. The molecule has 0 aliphatic rings. The van der Waals surface area contributed by atoms with Crippen molar-refractivity contribution in [2.45, 2.75) is 6.92 Å². The Hall–Kier alpha value is -3.15. The Bertz CT molecular complexity index is 1130. The minimum absolute atomic E-state index is 0.175. The average molecular weight is 458 g/mol. The highest BCUT2D eigenvalue weighted by Gasteiger charge is 2.16. The minimum Gasteiger partial charge on any atom is -0.452 e. The number of halogens is 3. The lowest BCUT2D eigenvalue weighted by Gasteiger charge is -2.10. The monoisotopic (exact) mass is 457 g/mol. The highest BCUT2D eigenvalue weighted by Crippen LogP contribution is 2.22. The highest BCUT2D eigenvalue weighted by molar-refractivity contribution is 6.31. The molecule has 0 fully saturated rings. The third-order valence-electron chi connectivity index (χ3n) is 4.35. The molecule has 0 atom stereocenters. The molecular formula is C24H18Cl2FNO3. The van der Waals surface area contributed by atoms with Crippen LogP contribution in [0.25, 0.3) is 11.6 Å². The molecule has 0 saturated heterocycles. The van der Waals surface area contributed by atoms with E-state index in [2.05, 4.69) is 5.32 Å². The number of rotatable bonds is 6. The van der Waals surface area contributed by atoms with Crippen LogP contribution in [0.1, 0.15) is 16.7 Å². The van der Waals surface area contributed by atoms with Crippen LogP contribution in [0.5, 0.6) is 0 Å². The lowest BCUT2D eigenvalue weighted by Crippen LogP contribution is -2.21. The molecule has 0 aliphatic heterocycles. The molecule has 1 amide bonds. The van der Waals surface area contributed by atoms with Gasteiger partial charge in [-0.15, -0.1) is 0 Å². The van der Waals surface area contributed by atoms with Crippen LogP contribution in [0.2, 0.25) is 10.0 Å². The molecule has 3 rings (SSSR count). The molecule has 0 aromatic heterocycles. The van der Waals surface area contributed by atoms with Crippen LogP contribution in [-0.4, -0.2) is 18.5 Å². The number of hydrogen-bond donors (Lipinski definition) is 1. The van der Waals surface area contributed by atoms with E-state index in [-0.39, 0.29) is 5.57 Å². The Morgan fingerprint density at radius 2 is 1.68 bits per heavy atom. The first kappa shape index (κ1) is 22.5. The molecule has 0 spiro atoms. The molecule has 0 bridgehead atoms. The number of hydrogen-bond acceptors (Lipinski definition) is 3. The molecule has 31 heavy (non-hydrogen) atoms. The lowest BCUT2D eigenvalue weighted by atomic mass is 10.0. The van der Waals surface area contributed by atoms with Crippen LogP contribution in [0.4, 0.5) is 10.1 Å². The van der Waals surface area contributed by atoms with E-state index in [1.54, 1.807) is 48.5 Å². The van der Waals surface area contributed by atoms with E-state index in [9.17, 15) is 14.0 Å². The number of nitrogens with one attached hydrogen (secondary N) is 1. The molecule has 0 heterocycles. The lowest BCUT2D eigenvalue weighted by molar-refractivity contribution is -0.141. The number of anilines is 1. The number of amides is 1. The zero-order valence-electron chi connectivity index (χ0n) is 16.5. The highest BCUT2D eigenvalue weighted by atomic mass is 35.5. The first-order chi connectivity index (χ1) is 14.8. The van der Waals surface area contributed by atoms with Crippen molar-refractivity contribution >= 4 is 52.4 Å². The van der Waals surface area contributed by atoms with Gasteiger partial charge in [0.2, 0.25) is 0 Å². The van der Waals surface area contributed by atoms with Crippen molar-refractivity contribution in [2.24, 2.45) is 0 Å². The van der Waals surface area contributed by atoms with Gasteiger partial charge in [-0.2, -0.15) is 0 Å². The molecule has 3 aromatic rings. The van der Waals surface area contributed by atoms with Gasteiger partial charge in [0.25, 0.3) is 5.91 Å². The number of aryl methyl sites for hydroxylation is 1. The number of carbonyl (C=O) groups excluding carboxylic acids is 2. The van der Waals surface area contributed by atoms with Crippen LogP contribution in [-0.2, 0) is 14.3 Å². The van der Waals surface area contributed by atoms with Gasteiger partial charge < -0.3 is 10.1 Å². The van der Waals surface area contributed by atoms with E-state index >= 15 is 0 Å². The molecule has 0 unspecified atom stereocenters. The van der Waals surface area contributed by atoms with Crippen LogP contribution in [0.15, 0.2) is 66.7 Å². The summed E-state index contributed by atoms with van der Waals surface area (Å²) in [7, 11) is 0. The van der Waals surface area contributed by atoms with Gasteiger partial charge in [0.05, 0.1) is 5.57 Å². The van der Waals surface area contributed by atoms with Gasteiger partial charge in [0.1, 0.15) is 5.82 Å². The Morgan fingerprint density at radius 3 is 2.32 bits per heavy atom. The Kier molecular flexibility index (Phi) is 7.45. The molecule has 7 heteroatoms. The second kappa shape index (κ2) is 10.2. The summed E-state index contributed by atoms with van der Waals surface area (Å²) >= 11 is 12.0. The van der Waals surface area contributed by atoms with Crippen molar-refractivity contribution in [3.8, 4) is 0 Å². The fourth-order valence-electron chi connectivity index (χ4n) is 2.69. The van der Waals surface area contributed by atoms with Crippen LogP contribution in [0.3, 0.4) is 0 Å². The third kappa shape index (κ3) is 6.41. The van der Waals surface area contributed by atoms with Crippen LogP contribution in [0, 0.1) is 12.7 Å². The topological polar surface area (TPSA) is 55.4 Å². The predicted molar refractivity (Wildman–Crippen MR) is 122 cm³/mol. The molecular weight excluding hydrogens is 440 g/mol. The smallest absolute Gasteiger partial charge is 0.339 e. The predicted octanol–water partition coefficient (Wildman–Crippen LogP) is 6.16. The van der Waals surface area contributed by atoms with Crippen molar-refractivity contribution in [1.82, 2.24) is 0 Å². The van der Waals surface area contributed by atoms with Gasteiger partial charge in [-0.1, -0.05) is 53.5 Å².